The molecule has 0 fully saturated rings. The van der Waals surface area contributed by atoms with Gasteiger partial charge in [-0.25, -0.2) is 0 Å². The Morgan fingerprint density at radius 3 is 1.88 bits per heavy atom. The molecule has 8 N–H and O–H groups in total. The van der Waals surface area contributed by atoms with Crippen LogP contribution < -0.4 is 22.9 Å². The van der Waals surface area contributed by atoms with Crippen LogP contribution in [0.25, 0.3) is 0 Å². The van der Waals surface area contributed by atoms with E-state index in [0.29, 0.717) is 0 Å². The van der Waals surface area contributed by atoms with E-state index >= 15 is 0 Å². The van der Waals surface area contributed by atoms with Gasteiger partial charge in [-0.2, -0.15) is 0 Å². The Bertz CT molecular complexity index is 99.1. The zero-order chi connectivity index (χ0) is 6.78. The Hall–Kier alpha value is -0.740. The largest absolute Gasteiger partial charge is 0.403 e. The first kappa shape index (κ1) is 7.26. The summed E-state index contributed by atoms with van der Waals surface area (Å²) in [6, 6.07) is 0. The molecule has 48 valence electrons. The minimum Gasteiger partial charge on any atom is -0.403 e. The maximum absolute atomic E-state index is 5.29. The fourth-order valence-electron chi connectivity index (χ4n) is 0.180. The standard InChI is InChI=1S/C4H12N4/c1-4(7,8)3(6)2-5/h2H,5-8H2,1H3/b3-2+. The molecule has 0 rings (SSSR count). The second kappa shape index (κ2) is 2.02. The molecule has 0 unspecified atom stereocenters. The van der Waals surface area contributed by atoms with Gasteiger partial charge in [-0.1, -0.05) is 0 Å². The number of hydrogen-bond acceptors (Lipinski definition) is 4. The summed E-state index contributed by atoms with van der Waals surface area (Å²) in [6.07, 6.45) is 1.19. The lowest BCUT2D eigenvalue weighted by Crippen LogP contribution is -2.50. The van der Waals surface area contributed by atoms with Crippen LogP contribution in [0.5, 0.6) is 0 Å². The molecule has 4 heteroatoms. The zero-order valence-electron chi connectivity index (χ0n) is 4.89. The minimum absolute atomic E-state index is 0.289. The van der Waals surface area contributed by atoms with Gasteiger partial charge in [-0.05, 0) is 6.92 Å². The topological polar surface area (TPSA) is 104 Å². The highest BCUT2D eigenvalue weighted by Crippen LogP contribution is 1.94. The SMILES string of the molecule is CC(N)(N)/C(N)=C\N. The summed E-state index contributed by atoms with van der Waals surface area (Å²) in [6.45, 7) is 1.58. The molecule has 0 saturated carbocycles. The van der Waals surface area contributed by atoms with Crippen molar-refractivity contribution in [1.82, 2.24) is 0 Å². The molecule has 0 aromatic heterocycles. The molecule has 0 spiro atoms. The van der Waals surface area contributed by atoms with Crippen molar-refractivity contribution in [1.29, 1.82) is 0 Å². The van der Waals surface area contributed by atoms with Gasteiger partial charge in [0.25, 0.3) is 0 Å². The van der Waals surface area contributed by atoms with Crippen molar-refractivity contribution in [2.45, 2.75) is 12.6 Å². The molecule has 0 aromatic rings. The Kier molecular flexibility index (Phi) is 1.83. The van der Waals surface area contributed by atoms with E-state index in [4.69, 9.17) is 22.9 Å². The van der Waals surface area contributed by atoms with Crippen LogP contribution in [0.4, 0.5) is 0 Å². The summed E-state index contributed by atoms with van der Waals surface area (Å²) in [5, 5.41) is 0. The third-order valence-electron chi connectivity index (χ3n) is 0.802. The van der Waals surface area contributed by atoms with Crippen LogP contribution >= 0.6 is 0 Å². The van der Waals surface area contributed by atoms with E-state index in [1.807, 2.05) is 0 Å². The molecule has 0 aromatic carbocycles. The molecular weight excluding hydrogens is 104 g/mol. The molecule has 0 atom stereocenters. The van der Waals surface area contributed by atoms with E-state index in [0.717, 1.165) is 0 Å². The van der Waals surface area contributed by atoms with Crippen molar-refractivity contribution in [2.24, 2.45) is 22.9 Å². The van der Waals surface area contributed by atoms with Crippen molar-refractivity contribution in [2.75, 3.05) is 0 Å². The first-order valence-electron chi connectivity index (χ1n) is 2.24. The molecule has 0 aliphatic carbocycles. The van der Waals surface area contributed by atoms with E-state index in [1.165, 1.54) is 6.20 Å². The van der Waals surface area contributed by atoms with E-state index in [-0.39, 0.29) is 5.70 Å². The molecule has 0 saturated heterocycles. The van der Waals surface area contributed by atoms with Crippen LogP contribution in [0.15, 0.2) is 11.9 Å². The summed E-state index contributed by atoms with van der Waals surface area (Å²) in [7, 11) is 0. The predicted molar refractivity (Wildman–Crippen MR) is 33.2 cm³/mol. The van der Waals surface area contributed by atoms with Gasteiger partial charge in [-0.3, -0.25) is 0 Å². The molecule has 0 bridgehead atoms. The molecule has 0 aliphatic rings. The normalized spacial score (nSPS) is 14.1. The lowest BCUT2D eigenvalue weighted by molar-refractivity contribution is 0.569. The fraction of sp³-hybridized carbons (Fsp3) is 0.500. The second-order valence-corrected chi connectivity index (χ2v) is 1.90. The van der Waals surface area contributed by atoms with Crippen LogP contribution in [-0.4, -0.2) is 5.66 Å². The predicted octanol–water partition coefficient (Wildman–Crippen LogP) is -1.62. The third kappa shape index (κ3) is 1.81. The van der Waals surface area contributed by atoms with Crippen molar-refractivity contribution in [3.05, 3.63) is 11.9 Å². The summed E-state index contributed by atoms with van der Waals surface area (Å²) in [4.78, 5) is 0. The average Bonchev–Trinajstić information content (AvgIpc) is 1.62. The van der Waals surface area contributed by atoms with E-state index in [9.17, 15) is 0 Å². The van der Waals surface area contributed by atoms with Gasteiger partial charge >= 0.3 is 0 Å². The van der Waals surface area contributed by atoms with Crippen molar-refractivity contribution in [3.63, 3.8) is 0 Å². The Labute approximate surface area is 48.5 Å². The number of rotatable bonds is 1. The lowest BCUT2D eigenvalue weighted by Gasteiger charge is -2.17. The van der Waals surface area contributed by atoms with E-state index in [2.05, 4.69) is 0 Å². The molecule has 0 aliphatic heterocycles. The van der Waals surface area contributed by atoms with Gasteiger partial charge in [0.15, 0.2) is 0 Å². The van der Waals surface area contributed by atoms with Crippen LogP contribution in [0, 0.1) is 0 Å². The number of hydrogen-bond donors (Lipinski definition) is 4. The Morgan fingerprint density at radius 1 is 1.50 bits per heavy atom. The van der Waals surface area contributed by atoms with Gasteiger partial charge < -0.3 is 22.9 Å². The van der Waals surface area contributed by atoms with Gasteiger partial charge in [0.05, 0.1) is 5.70 Å². The summed E-state index contributed by atoms with van der Waals surface area (Å²) < 4.78 is 0. The average molecular weight is 116 g/mol. The zero-order valence-corrected chi connectivity index (χ0v) is 4.89. The van der Waals surface area contributed by atoms with Crippen molar-refractivity contribution in [3.8, 4) is 0 Å². The first-order valence-corrected chi connectivity index (χ1v) is 2.24. The monoisotopic (exact) mass is 116 g/mol. The van der Waals surface area contributed by atoms with Crippen molar-refractivity contribution >= 4 is 0 Å². The van der Waals surface area contributed by atoms with Gasteiger partial charge in [0, 0.05) is 6.20 Å². The molecular formula is C4H12N4. The highest BCUT2D eigenvalue weighted by Gasteiger charge is 2.12. The van der Waals surface area contributed by atoms with Crippen LogP contribution in [0.2, 0.25) is 0 Å². The molecule has 0 amide bonds. The second-order valence-electron chi connectivity index (χ2n) is 1.90. The van der Waals surface area contributed by atoms with Gasteiger partial charge in [-0.15, -0.1) is 0 Å². The van der Waals surface area contributed by atoms with Gasteiger partial charge in [0.1, 0.15) is 5.66 Å². The van der Waals surface area contributed by atoms with Crippen LogP contribution in [0.3, 0.4) is 0 Å². The van der Waals surface area contributed by atoms with E-state index in [1.54, 1.807) is 6.92 Å². The quantitative estimate of drug-likeness (QED) is 0.309. The van der Waals surface area contributed by atoms with E-state index < -0.39 is 5.66 Å². The highest BCUT2D eigenvalue weighted by atomic mass is 15.0. The Balaban J connectivity index is 4.03. The maximum atomic E-state index is 5.29. The smallest absolute Gasteiger partial charge is 0.103 e. The highest BCUT2D eigenvalue weighted by molar-refractivity contribution is 5.08. The molecule has 4 nitrogen and oxygen atoms in total. The lowest BCUT2D eigenvalue weighted by atomic mass is 10.2. The fourth-order valence-corrected chi connectivity index (χ4v) is 0.180. The van der Waals surface area contributed by atoms with Gasteiger partial charge in [0.2, 0.25) is 0 Å². The Morgan fingerprint density at radius 2 is 1.88 bits per heavy atom. The summed E-state index contributed by atoms with van der Waals surface area (Å²) in [5.41, 5.74) is 20.1. The molecule has 0 radical (unpaired) electrons. The summed E-state index contributed by atoms with van der Waals surface area (Å²) >= 11 is 0. The van der Waals surface area contributed by atoms with Crippen LogP contribution in [-0.2, 0) is 0 Å². The van der Waals surface area contributed by atoms with Crippen LogP contribution in [0.1, 0.15) is 6.92 Å². The molecule has 8 heavy (non-hydrogen) atoms. The minimum atomic E-state index is -0.977. The summed E-state index contributed by atoms with van der Waals surface area (Å²) in [5.74, 6) is 0. The third-order valence-corrected chi connectivity index (χ3v) is 0.802. The maximum Gasteiger partial charge on any atom is 0.103 e. The number of nitrogens with two attached hydrogens (primary N) is 4. The van der Waals surface area contributed by atoms with Crippen molar-refractivity contribution < 1.29 is 0 Å². The molecule has 0 heterocycles. The first-order chi connectivity index (χ1) is 3.48.